The number of hydrogen-bond donors (Lipinski definition) is 1. The van der Waals surface area contributed by atoms with Crippen molar-refractivity contribution in [2.24, 2.45) is 0 Å². The van der Waals surface area contributed by atoms with Crippen LogP contribution in [0.1, 0.15) is 5.56 Å². The Balaban J connectivity index is 2.93. The zero-order chi connectivity index (χ0) is 9.19. The topological polar surface area (TPSA) is 24.9 Å². The third kappa shape index (κ3) is 1.87. The van der Waals surface area contributed by atoms with Gasteiger partial charge >= 0.3 is 6.18 Å². The Kier molecular flexibility index (Phi) is 2.21. The molecule has 1 radical (unpaired) electrons. The third-order valence-corrected chi connectivity index (χ3v) is 1.27. The number of anilines is 1. The predicted molar refractivity (Wildman–Crippen MR) is 38.2 cm³/mol. The van der Waals surface area contributed by atoms with E-state index in [4.69, 9.17) is 0 Å². The third-order valence-electron chi connectivity index (χ3n) is 1.27. The summed E-state index contributed by atoms with van der Waals surface area (Å²) < 4.78 is 35.8. The fourth-order valence-electron chi connectivity index (χ4n) is 0.666. The van der Waals surface area contributed by atoms with Crippen LogP contribution in [0.2, 0.25) is 0 Å². The average molecular weight is 175 g/mol. The number of rotatable bonds is 1. The Labute approximate surface area is 67.4 Å². The van der Waals surface area contributed by atoms with Crippen molar-refractivity contribution in [3.8, 4) is 0 Å². The Hall–Kier alpha value is -1.26. The molecule has 12 heavy (non-hydrogen) atoms. The van der Waals surface area contributed by atoms with Crippen LogP contribution in [0.4, 0.5) is 19.0 Å². The number of hydrogen-bond acceptors (Lipinski definition) is 2. The quantitative estimate of drug-likeness (QED) is 0.708. The minimum atomic E-state index is -4.33. The second-order valence-corrected chi connectivity index (χ2v) is 2.11. The summed E-state index contributed by atoms with van der Waals surface area (Å²) in [5, 5.41) is 2.38. The van der Waals surface area contributed by atoms with Crippen LogP contribution in [-0.2, 0) is 6.18 Å². The van der Waals surface area contributed by atoms with Crippen LogP contribution < -0.4 is 5.32 Å². The molecule has 1 N–H and O–H groups in total. The molecule has 0 atom stereocenters. The highest BCUT2D eigenvalue weighted by Gasteiger charge is 2.30. The van der Waals surface area contributed by atoms with E-state index in [1.165, 1.54) is 6.07 Å². The maximum Gasteiger partial charge on any atom is 0.417 e. The van der Waals surface area contributed by atoms with Crippen molar-refractivity contribution in [3.63, 3.8) is 0 Å². The van der Waals surface area contributed by atoms with Crippen molar-refractivity contribution >= 4 is 5.82 Å². The van der Waals surface area contributed by atoms with E-state index in [9.17, 15) is 13.2 Å². The fourth-order valence-corrected chi connectivity index (χ4v) is 0.666. The Morgan fingerprint density at radius 1 is 1.33 bits per heavy atom. The van der Waals surface area contributed by atoms with Gasteiger partial charge in [-0.2, -0.15) is 13.2 Å². The number of nitrogens with zero attached hydrogens (tertiary/aromatic N) is 1. The zero-order valence-corrected chi connectivity index (χ0v) is 6.02. The van der Waals surface area contributed by atoms with Gasteiger partial charge in [0, 0.05) is 13.2 Å². The molecule has 1 heterocycles. The molecule has 5 heteroatoms. The van der Waals surface area contributed by atoms with E-state index in [1.54, 1.807) is 0 Å². The molecular formula is C7H6F3N2. The molecule has 1 aromatic rings. The molecule has 0 aliphatic heterocycles. The number of aromatic nitrogens is 1. The lowest BCUT2D eigenvalue weighted by Crippen LogP contribution is -2.05. The van der Waals surface area contributed by atoms with Crippen LogP contribution in [0.25, 0.3) is 0 Å². The summed E-state index contributed by atoms with van der Waals surface area (Å²) in [7, 11) is 3.25. The standard InChI is InChI=1S/C7H6F3N2/c1-11-6-3-2-5(4-12-6)7(8,9)10/h2-4H,1H2,(H,11,12). The first-order valence-corrected chi connectivity index (χ1v) is 3.10. The maximum atomic E-state index is 11.9. The lowest BCUT2D eigenvalue weighted by molar-refractivity contribution is -0.137. The highest BCUT2D eigenvalue weighted by atomic mass is 19.4. The van der Waals surface area contributed by atoms with E-state index in [-0.39, 0.29) is 0 Å². The smallest absolute Gasteiger partial charge is 0.368 e. The van der Waals surface area contributed by atoms with Gasteiger partial charge in [0.15, 0.2) is 0 Å². The number of nitrogens with one attached hydrogen (secondary N) is 1. The molecule has 0 amide bonds. The van der Waals surface area contributed by atoms with E-state index in [0.29, 0.717) is 5.82 Å². The summed E-state index contributed by atoms with van der Waals surface area (Å²) >= 11 is 0. The van der Waals surface area contributed by atoms with Crippen LogP contribution in [-0.4, -0.2) is 4.98 Å². The van der Waals surface area contributed by atoms with E-state index >= 15 is 0 Å². The van der Waals surface area contributed by atoms with E-state index in [1.807, 2.05) is 0 Å². The van der Waals surface area contributed by atoms with Gasteiger partial charge in [0.2, 0.25) is 0 Å². The minimum Gasteiger partial charge on any atom is -0.368 e. The van der Waals surface area contributed by atoms with Gasteiger partial charge in [0.1, 0.15) is 5.82 Å². The summed E-state index contributed by atoms with van der Waals surface area (Å²) in [5.41, 5.74) is -0.763. The van der Waals surface area contributed by atoms with Gasteiger partial charge in [-0.3, -0.25) is 0 Å². The summed E-state index contributed by atoms with van der Waals surface area (Å²) in [6.45, 7) is 0. The Bertz CT molecular complexity index is 252. The van der Waals surface area contributed by atoms with Crippen molar-refractivity contribution in [2.75, 3.05) is 5.32 Å². The predicted octanol–water partition coefficient (Wildman–Crippen LogP) is 2.30. The lowest BCUT2D eigenvalue weighted by Gasteiger charge is -2.05. The van der Waals surface area contributed by atoms with Gasteiger partial charge in [-0.25, -0.2) is 4.98 Å². The first-order valence-electron chi connectivity index (χ1n) is 3.10. The molecule has 1 rings (SSSR count). The molecule has 0 spiro atoms. The largest absolute Gasteiger partial charge is 0.417 e. The van der Waals surface area contributed by atoms with Crippen molar-refractivity contribution < 1.29 is 13.2 Å². The first-order chi connectivity index (χ1) is 5.54. The highest BCUT2D eigenvalue weighted by Crippen LogP contribution is 2.28. The minimum absolute atomic E-state index is 0.308. The molecule has 0 saturated carbocycles. The van der Waals surface area contributed by atoms with Crippen molar-refractivity contribution in [3.05, 3.63) is 30.9 Å². The highest BCUT2D eigenvalue weighted by molar-refractivity contribution is 5.36. The Morgan fingerprint density at radius 2 is 2.00 bits per heavy atom. The first kappa shape index (κ1) is 8.83. The number of alkyl halides is 3. The van der Waals surface area contributed by atoms with Gasteiger partial charge in [-0.1, -0.05) is 0 Å². The van der Waals surface area contributed by atoms with Crippen LogP contribution in [0.5, 0.6) is 0 Å². The van der Waals surface area contributed by atoms with Gasteiger partial charge in [-0.15, -0.1) is 0 Å². The average Bonchev–Trinajstić information content (AvgIpc) is 2.03. The van der Waals surface area contributed by atoms with E-state index < -0.39 is 11.7 Å². The molecule has 0 aromatic carbocycles. The number of pyridine rings is 1. The summed E-state index contributed by atoms with van der Waals surface area (Å²) in [5.74, 6) is 0.308. The molecule has 0 aliphatic rings. The van der Waals surface area contributed by atoms with Crippen molar-refractivity contribution in [1.29, 1.82) is 0 Å². The summed E-state index contributed by atoms with van der Waals surface area (Å²) in [4.78, 5) is 3.47. The molecule has 0 unspecified atom stereocenters. The SMILES string of the molecule is [CH2]Nc1ccc(C(F)(F)F)cn1. The van der Waals surface area contributed by atoms with E-state index in [0.717, 1.165) is 12.3 Å². The second-order valence-electron chi connectivity index (χ2n) is 2.11. The van der Waals surface area contributed by atoms with Crippen molar-refractivity contribution in [1.82, 2.24) is 4.98 Å². The van der Waals surface area contributed by atoms with E-state index in [2.05, 4.69) is 17.3 Å². The van der Waals surface area contributed by atoms with Gasteiger partial charge in [0.05, 0.1) is 5.56 Å². The molecule has 2 nitrogen and oxygen atoms in total. The fraction of sp³-hybridized carbons (Fsp3) is 0.143. The molecular weight excluding hydrogens is 169 g/mol. The Morgan fingerprint density at radius 3 is 2.33 bits per heavy atom. The van der Waals surface area contributed by atoms with Crippen molar-refractivity contribution in [2.45, 2.75) is 6.18 Å². The molecule has 1 aromatic heterocycles. The van der Waals surface area contributed by atoms with Gasteiger partial charge < -0.3 is 5.32 Å². The lowest BCUT2D eigenvalue weighted by atomic mass is 10.3. The second kappa shape index (κ2) is 3.00. The molecule has 0 saturated heterocycles. The monoisotopic (exact) mass is 175 g/mol. The van der Waals surface area contributed by atoms with Crippen LogP contribution in [0.3, 0.4) is 0 Å². The molecule has 0 fully saturated rings. The molecule has 0 aliphatic carbocycles. The summed E-state index contributed by atoms with van der Waals surface area (Å²) in [6.07, 6.45) is -3.57. The number of halogens is 3. The van der Waals surface area contributed by atoms with Gasteiger partial charge in [0.25, 0.3) is 0 Å². The van der Waals surface area contributed by atoms with Crippen LogP contribution >= 0.6 is 0 Å². The molecule has 65 valence electrons. The summed E-state index contributed by atoms with van der Waals surface area (Å²) in [6, 6.07) is 2.16. The maximum absolute atomic E-state index is 11.9. The normalized spacial score (nSPS) is 11.3. The van der Waals surface area contributed by atoms with Crippen LogP contribution in [0, 0.1) is 7.05 Å². The van der Waals surface area contributed by atoms with Crippen LogP contribution in [0.15, 0.2) is 18.3 Å². The van der Waals surface area contributed by atoms with Gasteiger partial charge in [-0.05, 0) is 12.1 Å². The molecule has 0 bridgehead atoms. The zero-order valence-electron chi connectivity index (χ0n) is 6.02.